The van der Waals surface area contributed by atoms with Crippen molar-refractivity contribution in [1.29, 1.82) is 0 Å². The fraction of sp³-hybridized carbons (Fsp3) is 0.514. The number of benzene rings is 2. The first-order valence-electron chi connectivity index (χ1n) is 16.1. The van der Waals surface area contributed by atoms with E-state index in [9.17, 15) is 14.3 Å². The minimum Gasteiger partial charge on any atom is -0.479 e. The summed E-state index contributed by atoms with van der Waals surface area (Å²) in [7, 11) is 0. The number of piperidine rings is 1. The third-order valence-corrected chi connectivity index (χ3v) is 9.34. The van der Waals surface area contributed by atoms with E-state index in [0.29, 0.717) is 11.3 Å². The molecule has 1 unspecified atom stereocenters. The summed E-state index contributed by atoms with van der Waals surface area (Å²) in [4.78, 5) is 22.5. The van der Waals surface area contributed by atoms with Crippen LogP contribution in [0.3, 0.4) is 0 Å². The van der Waals surface area contributed by atoms with Gasteiger partial charge in [-0.3, -0.25) is 9.88 Å². The number of halogens is 1. The zero-order valence-electron chi connectivity index (χ0n) is 28.0. The van der Waals surface area contributed by atoms with Crippen LogP contribution in [0.5, 0.6) is 0 Å². The van der Waals surface area contributed by atoms with Crippen LogP contribution in [0.25, 0.3) is 11.1 Å². The maximum Gasteiger partial charge on any atom is 0.337 e. The van der Waals surface area contributed by atoms with Crippen LogP contribution in [-0.2, 0) is 35.6 Å². The van der Waals surface area contributed by atoms with E-state index in [4.69, 9.17) is 15.5 Å². The van der Waals surface area contributed by atoms with Gasteiger partial charge in [-0.15, -0.1) is 0 Å². The van der Waals surface area contributed by atoms with Crippen molar-refractivity contribution in [3.8, 4) is 11.1 Å². The number of ether oxygens (including phenoxy) is 1. The topological polar surface area (TPSA) is 91.9 Å². The average Bonchev–Trinajstić information content (AvgIpc) is 2.96. The Morgan fingerprint density at radius 2 is 1.80 bits per heavy atom. The van der Waals surface area contributed by atoms with Crippen LogP contribution in [0.15, 0.2) is 36.4 Å². The first kappa shape index (κ1) is 33.0. The smallest absolute Gasteiger partial charge is 0.337 e. The lowest BCUT2D eigenvalue weighted by atomic mass is 9.81. The Morgan fingerprint density at radius 1 is 1.09 bits per heavy atom. The second kappa shape index (κ2) is 12.8. The Labute approximate surface area is 267 Å². The van der Waals surface area contributed by atoms with Crippen LogP contribution in [0.1, 0.15) is 92.8 Å². The van der Waals surface area contributed by atoms with E-state index in [1.165, 1.54) is 17.2 Å². The highest BCUT2D eigenvalue weighted by Crippen LogP contribution is 2.45. The van der Waals surface area contributed by atoms with Gasteiger partial charge in [0.05, 0.1) is 17.0 Å². The van der Waals surface area contributed by atoms with Gasteiger partial charge >= 0.3 is 5.97 Å². The van der Waals surface area contributed by atoms with E-state index in [2.05, 4.69) is 41.8 Å². The largest absolute Gasteiger partial charge is 0.479 e. The van der Waals surface area contributed by atoms with Gasteiger partial charge in [0, 0.05) is 56.1 Å². The predicted octanol–water partition coefficient (Wildman–Crippen LogP) is 7.09. The third kappa shape index (κ3) is 7.40. The number of aliphatic carboxylic acids is 1. The number of aromatic nitrogens is 1. The van der Waals surface area contributed by atoms with Crippen molar-refractivity contribution in [2.24, 2.45) is 11.1 Å². The Hall–Kier alpha value is -3.33. The minimum atomic E-state index is -1.17. The lowest BCUT2D eigenvalue weighted by molar-refractivity contribution is -0.160. The molecular weight excluding hydrogens is 567 g/mol. The molecule has 1 aromatic heterocycles. The van der Waals surface area contributed by atoms with Crippen molar-refractivity contribution >= 4 is 11.7 Å². The normalized spacial score (nSPS) is 17.7. The Balaban J connectivity index is 1.59. The molecule has 8 heteroatoms. The van der Waals surface area contributed by atoms with Gasteiger partial charge in [0.25, 0.3) is 0 Å². The molecule has 0 saturated carbocycles. The number of anilines is 1. The van der Waals surface area contributed by atoms with Crippen LogP contribution in [-0.4, -0.2) is 46.2 Å². The summed E-state index contributed by atoms with van der Waals surface area (Å²) in [6.45, 7) is 18.4. The Kier molecular flexibility index (Phi) is 9.41. The van der Waals surface area contributed by atoms with E-state index in [-0.39, 0.29) is 17.8 Å². The molecule has 1 saturated heterocycles. The number of pyridine rings is 1. The summed E-state index contributed by atoms with van der Waals surface area (Å²) in [5.41, 5.74) is 15.4. The summed E-state index contributed by atoms with van der Waals surface area (Å²) in [6, 6.07) is 11.6. The van der Waals surface area contributed by atoms with E-state index < -0.39 is 17.7 Å². The van der Waals surface area contributed by atoms with Crippen LogP contribution in [0.4, 0.5) is 10.1 Å². The molecule has 2 aromatic carbocycles. The van der Waals surface area contributed by atoms with E-state index in [1.54, 1.807) is 6.07 Å². The van der Waals surface area contributed by atoms with Crippen molar-refractivity contribution in [2.45, 2.75) is 99.1 Å². The van der Waals surface area contributed by atoms with Gasteiger partial charge in [-0.1, -0.05) is 38.1 Å². The number of hydrogen-bond donors (Lipinski definition) is 2. The first-order valence-corrected chi connectivity index (χ1v) is 16.1. The van der Waals surface area contributed by atoms with Gasteiger partial charge in [0.2, 0.25) is 0 Å². The standard InChI is InChI=1S/C37H49FN4O3/c1-23-18-29(38)11-10-27(23)21-41-15-12-25-19-26(8-9-28(25)22-41)32-30(20-39)40-24(2)31(34(35(43)44)45-36(3,4)5)33(32)42-16-13-37(6,7)14-17-42/h8-11,18-19,34H,12-17,20-22,39H2,1-7H3,(H,43,44). The van der Waals surface area contributed by atoms with E-state index in [1.807, 2.05) is 40.7 Å². The minimum absolute atomic E-state index is 0.203. The summed E-state index contributed by atoms with van der Waals surface area (Å²) in [6.07, 6.45) is 1.70. The number of hydrogen-bond acceptors (Lipinski definition) is 6. The molecule has 242 valence electrons. The summed E-state index contributed by atoms with van der Waals surface area (Å²) in [5.74, 6) is -1.23. The quantitative estimate of drug-likeness (QED) is 0.279. The highest BCUT2D eigenvalue weighted by molar-refractivity contribution is 5.88. The molecule has 0 amide bonds. The Bertz CT molecular complexity index is 1570. The number of aryl methyl sites for hydroxylation is 2. The van der Waals surface area contributed by atoms with Gasteiger partial charge in [0.15, 0.2) is 6.10 Å². The number of rotatable bonds is 8. The molecule has 0 spiro atoms. The number of carboxylic acids is 1. The summed E-state index contributed by atoms with van der Waals surface area (Å²) >= 11 is 0. The van der Waals surface area contributed by atoms with Gasteiger partial charge in [-0.05, 0) is 99.2 Å². The van der Waals surface area contributed by atoms with Crippen LogP contribution in [0.2, 0.25) is 0 Å². The number of fused-ring (bicyclic) bond motifs is 1. The monoisotopic (exact) mass is 616 g/mol. The van der Waals surface area contributed by atoms with E-state index >= 15 is 0 Å². The maximum absolute atomic E-state index is 13.7. The lowest BCUT2D eigenvalue weighted by Gasteiger charge is -2.41. The Morgan fingerprint density at radius 3 is 2.42 bits per heavy atom. The molecule has 7 nitrogen and oxygen atoms in total. The fourth-order valence-electron chi connectivity index (χ4n) is 6.76. The molecule has 2 aliphatic heterocycles. The fourth-order valence-corrected chi connectivity index (χ4v) is 6.76. The van der Waals surface area contributed by atoms with Crippen molar-refractivity contribution in [3.05, 3.63) is 81.4 Å². The van der Waals surface area contributed by atoms with Gasteiger partial charge in [-0.2, -0.15) is 0 Å². The van der Waals surface area contributed by atoms with E-state index in [0.717, 1.165) is 85.6 Å². The molecule has 1 fully saturated rings. The number of carbonyl (C=O) groups is 1. The van der Waals surface area contributed by atoms with Crippen LogP contribution in [0, 0.1) is 25.1 Å². The molecular formula is C37H49FN4O3. The molecule has 45 heavy (non-hydrogen) atoms. The molecule has 0 radical (unpaired) electrons. The predicted molar refractivity (Wildman–Crippen MR) is 178 cm³/mol. The maximum atomic E-state index is 13.7. The summed E-state index contributed by atoms with van der Waals surface area (Å²) < 4.78 is 19.9. The lowest BCUT2D eigenvalue weighted by Crippen LogP contribution is -2.39. The van der Waals surface area contributed by atoms with Crippen molar-refractivity contribution < 1.29 is 19.0 Å². The molecule has 3 N–H and O–H groups in total. The second-order valence-electron chi connectivity index (χ2n) is 14.6. The van der Waals surface area contributed by atoms with Gasteiger partial charge < -0.3 is 20.5 Å². The molecule has 2 aliphatic rings. The zero-order chi connectivity index (χ0) is 32.7. The second-order valence-corrected chi connectivity index (χ2v) is 14.6. The van der Waals surface area contributed by atoms with Gasteiger partial charge in [0.1, 0.15) is 5.82 Å². The highest BCUT2D eigenvalue weighted by atomic mass is 19.1. The molecule has 5 rings (SSSR count). The molecule has 0 aliphatic carbocycles. The number of carboxylic acid groups (broad SMARTS) is 1. The van der Waals surface area contributed by atoms with Crippen molar-refractivity contribution in [3.63, 3.8) is 0 Å². The zero-order valence-corrected chi connectivity index (χ0v) is 28.0. The molecule has 3 aromatic rings. The first-order chi connectivity index (χ1) is 21.2. The number of nitrogens with two attached hydrogens (primary N) is 1. The highest BCUT2D eigenvalue weighted by Gasteiger charge is 2.37. The SMILES string of the molecule is Cc1cc(F)ccc1CN1CCc2cc(-c3c(CN)nc(C)c(C(OC(C)(C)C)C(=O)O)c3N3CCC(C)(C)CC3)ccc2C1. The average molecular weight is 617 g/mol. The third-order valence-electron chi connectivity index (χ3n) is 9.34. The molecule has 0 bridgehead atoms. The molecule has 3 heterocycles. The van der Waals surface area contributed by atoms with Crippen molar-refractivity contribution in [1.82, 2.24) is 9.88 Å². The van der Waals surface area contributed by atoms with Gasteiger partial charge in [-0.25, -0.2) is 9.18 Å². The van der Waals surface area contributed by atoms with Crippen LogP contribution >= 0.6 is 0 Å². The van der Waals surface area contributed by atoms with Crippen molar-refractivity contribution in [2.75, 3.05) is 24.5 Å². The summed E-state index contributed by atoms with van der Waals surface area (Å²) in [5, 5.41) is 10.5. The molecule has 1 atom stereocenters. The van der Waals surface area contributed by atoms with Crippen LogP contribution < -0.4 is 10.6 Å². The number of nitrogens with zero attached hydrogens (tertiary/aromatic N) is 3.